The zero-order valence-electron chi connectivity index (χ0n) is 10.2. The topological polar surface area (TPSA) is 53.5 Å². The lowest BCUT2D eigenvalue weighted by Crippen LogP contribution is -2.58. The Kier molecular flexibility index (Phi) is 2.88. The Morgan fingerprint density at radius 3 is 2.50 bits per heavy atom. The average molecular weight is 243 g/mol. The van der Waals surface area contributed by atoms with Crippen LogP contribution in [0.15, 0.2) is 35.3 Å². The molecular formula is C14H17N3O. The molecule has 1 aliphatic heterocycles. The lowest BCUT2D eigenvalue weighted by atomic mass is 9.85. The van der Waals surface area contributed by atoms with Crippen LogP contribution in [-0.4, -0.2) is 12.1 Å². The summed E-state index contributed by atoms with van der Waals surface area (Å²) in [6.45, 7) is 0. The number of nitrogens with one attached hydrogen (secondary N) is 2. The van der Waals surface area contributed by atoms with Crippen molar-refractivity contribution < 1.29 is 4.79 Å². The van der Waals surface area contributed by atoms with E-state index in [1.807, 2.05) is 18.2 Å². The number of hydrogen-bond acceptors (Lipinski definition) is 3. The number of rotatable bonds is 2. The molecule has 1 atom stereocenters. The molecule has 1 amide bonds. The van der Waals surface area contributed by atoms with Gasteiger partial charge >= 0.3 is 0 Å². The molecule has 1 fully saturated rings. The summed E-state index contributed by atoms with van der Waals surface area (Å²) in [5, 5.41) is 0. The molecule has 0 saturated heterocycles. The van der Waals surface area contributed by atoms with Crippen molar-refractivity contribution in [3.05, 3.63) is 35.9 Å². The van der Waals surface area contributed by atoms with Crippen molar-refractivity contribution in [1.82, 2.24) is 10.9 Å². The van der Waals surface area contributed by atoms with Crippen LogP contribution in [-0.2, 0) is 10.5 Å². The molecule has 0 radical (unpaired) electrons. The normalized spacial score (nSPS) is 28.3. The fourth-order valence-corrected chi connectivity index (χ4v) is 3.01. The predicted octanol–water partition coefficient (Wildman–Crippen LogP) is 1.73. The van der Waals surface area contributed by atoms with E-state index in [4.69, 9.17) is 0 Å². The van der Waals surface area contributed by atoms with E-state index in [0.717, 1.165) is 18.4 Å². The molecule has 3 rings (SSSR count). The van der Waals surface area contributed by atoms with Crippen LogP contribution >= 0.6 is 0 Å². The second-order valence-electron chi connectivity index (χ2n) is 4.99. The van der Waals surface area contributed by atoms with Gasteiger partial charge in [-0.1, -0.05) is 43.2 Å². The fraction of sp³-hybridized carbons (Fsp3) is 0.429. The molecule has 0 bridgehead atoms. The second kappa shape index (κ2) is 4.53. The smallest absolute Gasteiger partial charge is 0.276 e. The SMILES string of the molecule is O=C1C=NC(c2ccccc2)(C2CCCC2)NN1. The number of carbonyl (C=O) groups is 1. The van der Waals surface area contributed by atoms with Gasteiger partial charge < -0.3 is 0 Å². The monoisotopic (exact) mass is 243 g/mol. The Balaban J connectivity index is 2.03. The van der Waals surface area contributed by atoms with E-state index in [1.54, 1.807) is 0 Å². The van der Waals surface area contributed by atoms with Crippen molar-refractivity contribution in [2.75, 3.05) is 0 Å². The standard InChI is InChI=1S/C14H17N3O/c18-13-10-15-14(17-16-13,12-8-4-5-9-12)11-6-2-1-3-7-11/h1-3,6-7,10,12,17H,4-5,8-9H2,(H,16,18). The molecule has 1 aromatic rings. The number of benzene rings is 1. The zero-order valence-corrected chi connectivity index (χ0v) is 10.2. The molecule has 1 heterocycles. The van der Waals surface area contributed by atoms with Crippen LogP contribution in [0.1, 0.15) is 31.2 Å². The first kappa shape index (κ1) is 11.4. The summed E-state index contributed by atoms with van der Waals surface area (Å²) < 4.78 is 0. The van der Waals surface area contributed by atoms with Crippen molar-refractivity contribution in [3.63, 3.8) is 0 Å². The van der Waals surface area contributed by atoms with Crippen molar-refractivity contribution >= 4 is 12.1 Å². The zero-order chi connectivity index (χ0) is 12.4. The Labute approximate surface area is 106 Å². The first-order valence-corrected chi connectivity index (χ1v) is 6.49. The maximum Gasteiger partial charge on any atom is 0.276 e. The van der Waals surface area contributed by atoms with Gasteiger partial charge in [0.1, 0.15) is 0 Å². The molecule has 4 heteroatoms. The van der Waals surface area contributed by atoms with Gasteiger partial charge in [-0.25, -0.2) is 5.43 Å². The van der Waals surface area contributed by atoms with Gasteiger partial charge in [0.05, 0.1) is 6.21 Å². The summed E-state index contributed by atoms with van der Waals surface area (Å²) in [7, 11) is 0. The molecule has 18 heavy (non-hydrogen) atoms. The lowest BCUT2D eigenvalue weighted by molar-refractivity contribution is -0.117. The van der Waals surface area contributed by atoms with Crippen LogP contribution < -0.4 is 10.9 Å². The molecule has 0 spiro atoms. The Morgan fingerprint density at radius 1 is 1.17 bits per heavy atom. The Bertz CT molecular complexity index is 465. The minimum atomic E-state index is -0.480. The highest BCUT2D eigenvalue weighted by atomic mass is 16.2. The molecule has 94 valence electrons. The Hall–Kier alpha value is -1.68. The van der Waals surface area contributed by atoms with Crippen molar-refractivity contribution in [3.8, 4) is 0 Å². The maximum atomic E-state index is 11.3. The van der Waals surface area contributed by atoms with Crippen LogP contribution in [0.4, 0.5) is 0 Å². The van der Waals surface area contributed by atoms with Gasteiger partial charge in [-0.05, 0) is 18.4 Å². The summed E-state index contributed by atoms with van der Waals surface area (Å²) in [6, 6.07) is 10.2. The first-order chi connectivity index (χ1) is 8.81. The highest BCUT2D eigenvalue weighted by molar-refractivity contribution is 6.26. The lowest BCUT2D eigenvalue weighted by Gasteiger charge is -2.38. The predicted molar refractivity (Wildman–Crippen MR) is 69.8 cm³/mol. The number of carbonyl (C=O) groups excluding carboxylic acids is 1. The van der Waals surface area contributed by atoms with Crippen LogP contribution in [0.2, 0.25) is 0 Å². The number of nitrogens with zero attached hydrogens (tertiary/aromatic N) is 1. The third kappa shape index (κ3) is 1.82. The molecule has 1 aromatic carbocycles. The molecular weight excluding hydrogens is 226 g/mol. The van der Waals surface area contributed by atoms with Crippen LogP contribution in [0.3, 0.4) is 0 Å². The molecule has 1 unspecified atom stereocenters. The van der Waals surface area contributed by atoms with Crippen molar-refractivity contribution in [2.45, 2.75) is 31.3 Å². The highest BCUT2D eigenvalue weighted by Crippen LogP contribution is 2.41. The summed E-state index contributed by atoms with van der Waals surface area (Å²) >= 11 is 0. The third-order valence-corrected chi connectivity index (χ3v) is 3.92. The molecule has 2 aliphatic rings. The third-order valence-electron chi connectivity index (χ3n) is 3.92. The average Bonchev–Trinajstić information content (AvgIpc) is 2.95. The van der Waals surface area contributed by atoms with E-state index in [9.17, 15) is 4.79 Å². The van der Waals surface area contributed by atoms with E-state index in [-0.39, 0.29) is 5.91 Å². The summed E-state index contributed by atoms with van der Waals surface area (Å²) in [6.07, 6.45) is 6.18. The Morgan fingerprint density at radius 2 is 1.89 bits per heavy atom. The quantitative estimate of drug-likeness (QED) is 0.831. The molecule has 1 aliphatic carbocycles. The van der Waals surface area contributed by atoms with E-state index >= 15 is 0 Å². The number of amides is 1. The largest absolute Gasteiger partial charge is 0.284 e. The summed E-state index contributed by atoms with van der Waals surface area (Å²) in [4.78, 5) is 15.8. The minimum absolute atomic E-state index is 0.181. The number of aliphatic imine (C=N–C) groups is 1. The van der Waals surface area contributed by atoms with E-state index in [1.165, 1.54) is 19.1 Å². The van der Waals surface area contributed by atoms with Gasteiger partial charge in [-0.3, -0.25) is 15.2 Å². The molecule has 2 N–H and O–H groups in total. The van der Waals surface area contributed by atoms with Gasteiger partial charge in [-0.2, -0.15) is 0 Å². The van der Waals surface area contributed by atoms with E-state index in [2.05, 4.69) is 28.0 Å². The van der Waals surface area contributed by atoms with E-state index in [0.29, 0.717) is 5.92 Å². The molecule has 0 aromatic heterocycles. The highest BCUT2D eigenvalue weighted by Gasteiger charge is 2.43. The minimum Gasteiger partial charge on any atom is -0.284 e. The van der Waals surface area contributed by atoms with Crippen molar-refractivity contribution in [1.29, 1.82) is 0 Å². The van der Waals surface area contributed by atoms with Crippen molar-refractivity contribution in [2.24, 2.45) is 10.9 Å². The van der Waals surface area contributed by atoms with E-state index < -0.39 is 5.66 Å². The molecule has 4 nitrogen and oxygen atoms in total. The van der Waals surface area contributed by atoms with Gasteiger partial charge in [0.2, 0.25) is 0 Å². The van der Waals surface area contributed by atoms with Crippen LogP contribution in [0.5, 0.6) is 0 Å². The first-order valence-electron chi connectivity index (χ1n) is 6.49. The maximum absolute atomic E-state index is 11.3. The fourth-order valence-electron chi connectivity index (χ4n) is 3.01. The van der Waals surface area contributed by atoms with Crippen LogP contribution in [0.25, 0.3) is 0 Å². The number of hydrogen-bond donors (Lipinski definition) is 2. The van der Waals surface area contributed by atoms with Crippen LogP contribution in [0, 0.1) is 5.92 Å². The summed E-state index contributed by atoms with van der Waals surface area (Å²) in [5.74, 6) is 0.260. The summed E-state index contributed by atoms with van der Waals surface area (Å²) in [5.41, 5.74) is 6.49. The number of hydrazine groups is 1. The second-order valence-corrected chi connectivity index (χ2v) is 4.99. The van der Waals surface area contributed by atoms with Gasteiger partial charge in [-0.15, -0.1) is 0 Å². The van der Waals surface area contributed by atoms with Gasteiger partial charge in [0, 0.05) is 5.92 Å². The van der Waals surface area contributed by atoms with Gasteiger partial charge in [0.15, 0.2) is 5.66 Å². The molecule has 1 saturated carbocycles. The van der Waals surface area contributed by atoms with Gasteiger partial charge in [0.25, 0.3) is 5.91 Å².